The van der Waals surface area contributed by atoms with E-state index < -0.39 is 29.7 Å². The van der Waals surface area contributed by atoms with Crippen LogP contribution in [0.15, 0.2) is 48.5 Å². The number of amides is 5. The van der Waals surface area contributed by atoms with Gasteiger partial charge in [0.25, 0.3) is 11.8 Å². The van der Waals surface area contributed by atoms with Crippen molar-refractivity contribution < 1.29 is 33.8 Å². The number of carbonyl (C=O) groups excluding carboxylic acids is 5. The second-order valence-electron chi connectivity index (χ2n) is 13.2. The van der Waals surface area contributed by atoms with Gasteiger partial charge in [-0.1, -0.05) is 37.5 Å². The number of nitrogens with one attached hydrogen (secondary N) is 2. The Balaban J connectivity index is 0.833. The molecule has 0 saturated carbocycles. The first kappa shape index (κ1) is 36.2. The van der Waals surface area contributed by atoms with Crippen LogP contribution >= 0.6 is 0 Å². The lowest BCUT2D eigenvalue weighted by Gasteiger charge is -2.36. The van der Waals surface area contributed by atoms with Gasteiger partial charge in [-0.3, -0.25) is 39.1 Å². The number of nitrogens with zero attached hydrogens (tertiary/aromatic N) is 5. The van der Waals surface area contributed by atoms with Crippen LogP contribution in [0.3, 0.4) is 0 Å². The number of phenols is 1. The van der Waals surface area contributed by atoms with Crippen LogP contribution in [0, 0.1) is 0 Å². The van der Waals surface area contributed by atoms with Gasteiger partial charge in [-0.2, -0.15) is 0 Å². The molecule has 274 valence electrons. The van der Waals surface area contributed by atoms with Gasteiger partial charge < -0.3 is 25.8 Å². The average Bonchev–Trinajstić information content (AvgIpc) is 3.39. The third kappa shape index (κ3) is 8.31. The number of fused-ring (bicyclic) bond motifs is 1. The maximum Gasteiger partial charge on any atom is 0.266 e. The number of para-hydroxylation sites is 1. The van der Waals surface area contributed by atoms with Crippen LogP contribution in [0.2, 0.25) is 0 Å². The van der Waals surface area contributed by atoms with Crippen molar-refractivity contribution in [2.75, 3.05) is 56.5 Å². The minimum absolute atomic E-state index is 0.0396. The second-order valence-corrected chi connectivity index (χ2v) is 13.2. The maximum absolute atomic E-state index is 13.2. The number of anilines is 2. The lowest BCUT2D eigenvalue weighted by Crippen LogP contribution is -2.54. The highest BCUT2D eigenvalue weighted by molar-refractivity contribution is 6.24. The van der Waals surface area contributed by atoms with Crippen LogP contribution in [0.1, 0.15) is 72.1 Å². The molecule has 3 aliphatic heterocycles. The van der Waals surface area contributed by atoms with Gasteiger partial charge in [-0.25, -0.2) is 0 Å². The number of hydrogen-bond donors (Lipinski definition) is 4. The number of unbranched alkanes of at least 4 members (excludes halogenated alkanes) is 4. The minimum Gasteiger partial charge on any atom is -0.507 e. The number of piperazine rings is 1. The number of rotatable bonds is 15. The molecule has 6 rings (SSSR count). The van der Waals surface area contributed by atoms with Gasteiger partial charge in [0.15, 0.2) is 5.82 Å². The van der Waals surface area contributed by atoms with Gasteiger partial charge in [0.05, 0.1) is 29.1 Å². The van der Waals surface area contributed by atoms with Gasteiger partial charge in [0.1, 0.15) is 17.5 Å². The van der Waals surface area contributed by atoms with Crippen LogP contribution in [0.4, 0.5) is 11.5 Å². The van der Waals surface area contributed by atoms with Gasteiger partial charge in [0, 0.05) is 57.7 Å². The number of nitrogens with two attached hydrogens (primary N) is 1. The summed E-state index contributed by atoms with van der Waals surface area (Å²) in [5, 5.41) is 23.7. The highest BCUT2D eigenvalue weighted by atomic mass is 16.5. The third-order valence-corrected chi connectivity index (χ3v) is 9.68. The molecule has 0 spiro atoms. The fourth-order valence-electron chi connectivity index (χ4n) is 6.82. The predicted molar refractivity (Wildman–Crippen MR) is 192 cm³/mol. The number of piperidine rings is 1. The molecule has 4 heterocycles. The Kier molecular flexibility index (Phi) is 11.6. The summed E-state index contributed by atoms with van der Waals surface area (Å²) < 4.78 is 5.90. The van der Waals surface area contributed by atoms with Crippen LogP contribution in [0.25, 0.3) is 11.3 Å². The van der Waals surface area contributed by atoms with E-state index in [0.717, 1.165) is 75.4 Å². The van der Waals surface area contributed by atoms with Crippen LogP contribution in [0.5, 0.6) is 11.5 Å². The zero-order valence-electron chi connectivity index (χ0n) is 29.0. The first-order chi connectivity index (χ1) is 25.2. The lowest BCUT2D eigenvalue weighted by atomic mass is 10.0. The molecule has 15 nitrogen and oxygen atoms in total. The van der Waals surface area contributed by atoms with Gasteiger partial charge in [-0.05, 0) is 49.6 Å². The van der Waals surface area contributed by atoms with E-state index in [1.807, 2.05) is 12.1 Å². The number of hydrogen-bond acceptors (Lipinski definition) is 12. The van der Waals surface area contributed by atoms with E-state index in [0.29, 0.717) is 42.4 Å². The largest absolute Gasteiger partial charge is 0.507 e. The Hall–Kier alpha value is -5.57. The Morgan fingerprint density at radius 3 is 2.46 bits per heavy atom. The summed E-state index contributed by atoms with van der Waals surface area (Å²) in [5.41, 5.74) is 8.46. The number of nitrogen functional groups attached to an aromatic ring is 1. The highest BCUT2D eigenvalue weighted by Gasteiger charge is 2.46. The van der Waals surface area contributed by atoms with Crippen molar-refractivity contribution in [2.24, 2.45) is 0 Å². The number of aromatic hydroxyl groups is 1. The molecule has 15 heteroatoms. The summed E-state index contributed by atoms with van der Waals surface area (Å²) >= 11 is 0. The molecule has 2 aromatic carbocycles. The molecule has 5 amide bonds. The average molecular weight is 713 g/mol. The van der Waals surface area contributed by atoms with Crippen LogP contribution < -0.4 is 26.0 Å². The molecule has 0 radical (unpaired) electrons. The molecular formula is C37H44N8O7. The van der Waals surface area contributed by atoms with E-state index in [-0.39, 0.29) is 35.6 Å². The van der Waals surface area contributed by atoms with Crippen LogP contribution in [-0.4, -0.2) is 107 Å². The Labute approximate surface area is 301 Å². The van der Waals surface area contributed by atoms with Crippen molar-refractivity contribution in [1.82, 2.24) is 30.6 Å². The van der Waals surface area contributed by atoms with E-state index in [4.69, 9.17) is 10.5 Å². The van der Waals surface area contributed by atoms with E-state index in [9.17, 15) is 29.1 Å². The molecule has 5 N–H and O–H groups in total. The molecule has 2 saturated heterocycles. The molecule has 0 bridgehead atoms. The third-order valence-electron chi connectivity index (χ3n) is 9.68. The minimum atomic E-state index is -1.02. The summed E-state index contributed by atoms with van der Waals surface area (Å²) in [6, 6.07) is 12.7. The zero-order valence-corrected chi connectivity index (χ0v) is 29.0. The lowest BCUT2D eigenvalue weighted by molar-refractivity contribution is -0.136. The monoisotopic (exact) mass is 712 g/mol. The number of imide groups is 2. The Morgan fingerprint density at radius 2 is 1.67 bits per heavy atom. The number of benzene rings is 2. The van der Waals surface area contributed by atoms with E-state index in [2.05, 4.69) is 30.6 Å². The molecule has 2 fully saturated rings. The van der Waals surface area contributed by atoms with Crippen molar-refractivity contribution in [3.8, 4) is 22.8 Å². The zero-order chi connectivity index (χ0) is 36.6. The molecule has 0 aliphatic carbocycles. The number of aromatic nitrogens is 2. The predicted octanol–water partition coefficient (Wildman–Crippen LogP) is 2.49. The van der Waals surface area contributed by atoms with Gasteiger partial charge in [-0.15, -0.1) is 10.2 Å². The second kappa shape index (κ2) is 16.6. The molecule has 1 unspecified atom stereocenters. The molecule has 3 aromatic rings. The van der Waals surface area contributed by atoms with Crippen molar-refractivity contribution in [3.63, 3.8) is 0 Å². The van der Waals surface area contributed by atoms with Crippen molar-refractivity contribution in [3.05, 3.63) is 59.7 Å². The van der Waals surface area contributed by atoms with Crippen molar-refractivity contribution >= 4 is 41.0 Å². The number of ether oxygens (including phenoxy) is 1. The molecule has 1 aromatic heterocycles. The molecule has 1 atom stereocenters. The summed E-state index contributed by atoms with van der Waals surface area (Å²) in [7, 11) is 0. The Morgan fingerprint density at radius 1 is 0.923 bits per heavy atom. The van der Waals surface area contributed by atoms with Crippen molar-refractivity contribution in [1.29, 1.82) is 0 Å². The first-order valence-electron chi connectivity index (χ1n) is 17.8. The topological polar surface area (TPSA) is 200 Å². The fraction of sp³-hybridized carbons (Fsp3) is 0.432. The smallest absolute Gasteiger partial charge is 0.266 e. The number of carbonyl (C=O) groups is 5. The highest BCUT2D eigenvalue weighted by Crippen LogP contribution is 2.34. The number of phenolic OH excluding ortho intramolecular Hbond substituents is 1. The van der Waals surface area contributed by atoms with Crippen LogP contribution in [-0.2, 0) is 14.4 Å². The SMILES string of the molecule is Nc1nnc(-c2ccccc2O)cc1N1CCN(CCNC(=O)CCCCCCCOc2cccc3c2C(=O)N(C2CCC(=O)NC2=O)C3=O)CC1. The standard InChI is InChI=1S/C37H44N8O7/c38-34-28(23-26(41-42-34)24-9-5-6-11-29(24)46)44-20-18-43(19-21-44)17-16-39-31(47)13-4-2-1-3-7-22-52-30-12-8-10-25-33(30)37(51)45(36(25)50)27-14-15-32(48)40-35(27)49/h5-6,8-12,23,27,46H,1-4,7,13-22H2,(H2,38,42)(H,39,47)(H,40,48,49). The quantitative estimate of drug-likeness (QED) is 0.133. The maximum atomic E-state index is 13.2. The van der Waals surface area contributed by atoms with Gasteiger partial charge in [0.2, 0.25) is 17.7 Å². The van der Waals surface area contributed by atoms with E-state index in [1.165, 1.54) is 0 Å². The van der Waals surface area contributed by atoms with Crippen molar-refractivity contribution in [2.45, 2.75) is 57.4 Å². The normalized spacial score (nSPS) is 17.7. The first-order valence-corrected chi connectivity index (χ1v) is 17.8. The molecular weight excluding hydrogens is 668 g/mol. The molecule has 3 aliphatic rings. The van der Waals surface area contributed by atoms with E-state index >= 15 is 0 Å². The van der Waals surface area contributed by atoms with Gasteiger partial charge >= 0.3 is 0 Å². The van der Waals surface area contributed by atoms with E-state index in [1.54, 1.807) is 36.4 Å². The Bertz CT molecular complexity index is 1830. The summed E-state index contributed by atoms with van der Waals surface area (Å²) in [4.78, 5) is 67.9. The fourth-order valence-corrected chi connectivity index (χ4v) is 6.82. The summed E-state index contributed by atoms with van der Waals surface area (Å²) in [6.45, 7) is 4.83. The molecule has 52 heavy (non-hydrogen) atoms. The summed E-state index contributed by atoms with van der Waals surface area (Å²) in [5.74, 6) is -1.38. The summed E-state index contributed by atoms with van der Waals surface area (Å²) in [6.07, 6.45) is 4.87.